The third kappa shape index (κ3) is 17.5. The lowest BCUT2D eigenvalue weighted by Gasteiger charge is -2.57. The molecule has 79 heavy (non-hydrogen) atoms. The number of hydrogen-bond acceptors (Lipinski definition) is 14. The number of methoxy groups -OCH3 is 2. The molecule has 15 nitrogen and oxygen atoms in total. The van der Waals surface area contributed by atoms with Crippen LogP contribution in [-0.4, -0.2) is 155 Å². The highest BCUT2D eigenvalue weighted by Gasteiger charge is 2.59. The second kappa shape index (κ2) is 26.7. The van der Waals surface area contributed by atoms with E-state index >= 15 is 5.21 Å². The Bertz CT molecular complexity index is 2130. The molecule has 0 radical (unpaired) electrons. The molecule has 17 atom stereocenters. The van der Waals surface area contributed by atoms with Crippen LogP contribution in [0.5, 0.6) is 0 Å². The van der Waals surface area contributed by atoms with Crippen LogP contribution in [0.4, 0.5) is 0 Å². The largest absolute Gasteiger partial charge is 0.633 e. The summed E-state index contributed by atoms with van der Waals surface area (Å²) in [5.74, 6) is -0.769. The average molecular weight is 1160 g/mol. The molecule has 2 bridgehead atoms. The van der Waals surface area contributed by atoms with Crippen molar-refractivity contribution in [1.29, 1.82) is 0 Å². The summed E-state index contributed by atoms with van der Waals surface area (Å²) >= 11 is 0. The van der Waals surface area contributed by atoms with E-state index in [1.165, 1.54) is 0 Å². The smallest absolute Gasteiger partial charge is 0.308 e. The molecule has 4 heterocycles. The van der Waals surface area contributed by atoms with Gasteiger partial charge in [0.2, 0.25) is 0 Å². The Morgan fingerprint density at radius 2 is 1.30 bits per heavy atom. The molecule has 0 spiro atoms. The molecule has 454 valence electrons. The van der Waals surface area contributed by atoms with E-state index in [0.29, 0.717) is 32.3 Å². The molecule has 3 fully saturated rings. The van der Waals surface area contributed by atoms with E-state index < -0.39 is 121 Å². The number of rotatable bonds is 16. The topological polar surface area (TPSA) is 151 Å². The van der Waals surface area contributed by atoms with Crippen LogP contribution >= 0.6 is 0 Å². The number of likely N-dealkylation sites (N-methyl/N-ethyl adjacent to an activating group) is 1. The highest BCUT2D eigenvalue weighted by molar-refractivity contribution is 6.75. The number of cyclic esters (lactones) is 1. The Labute approximate surface area is 481 Å². The van der Waals surface area contributed by atoms with Gasteiger partial charge in [0.05, 0.1) is 63.2 Å². The molecule has 1 aromatic rings. The standard InChI is InChI=1S/C61H109NO14Si3/c1-40-35-45-36-49(75-78(21,22)59(8,9)10)71-47(37-48(63)68-41(2)31-27-25-30-34-46(40)74-77(19,20)58(5,6)7)54(65-17)53(45)73-57-55(76-79(23,24)60(11,12)13)51(62(15,16)64)52(42(3)70-57)72-50-38-61(14,66-18)56(43(4)69-50)67-39-44-32-28-26-29-33-44/h25-30,32-34,40-43,45-47,49-57H,31,35-39H2,1-24H3/b27-25+,34-30+/t40-,41-,42+,43-,45-,46+,47-,49?,50-,51-,52+,53+,54+,55+,56-,57-,61+/m1/s1. The van der Waals surface area contributed by atoms with Gasteiger partial charge in [-0.25, -0.2) is 0 Å². The van der Waals surface area contributed by atoms with Gasteiger partial charge in [0.15, 0.2) is 43.6 Å². The van der Waals surface area contributed by atoms with Crippen molar-refractivity contribution in [1.82, 2.24) is 0 Å². The quantitative estimate of drug-likeness (QED) is 0.0668. The zero-order valence-electron chi connectivity index (χ0n) is 53.3. The van der Waals surface area contributed by atoms with Gasteiger partial charge in [-0.1, -0.05) is 124 Å². The molecular weight excluding hydrogens is 1050 g/mol. The third-order valence-corrected chi connectivity index (χ3v) is 32.1. The van der Waals surface area contributed by atoms with Crippen LogP contribution in [0.3, 0.4) is 0 Å². The van der Waals surface area contributed by atoms with E-state index in [1.54, 1.807) is 28.3 Å². The SMILES string of the molecule is CO[C@@H]1[C@@H](O[C@H]2O[C@@H](C)[C@H](O[C@@H]3C[C@](C)(OC)[C@H](OCc4ccccc4)[C@@H](C)O3)[C@@H]([N+](C)(C)[O-])[C@@H]2O[Si](C)(C)C(C)(C)C)[C@H]2CC(O[Si](C)(C)C(C)(C)C)O[C@@H]1CC(=O)O[C@H](C)C/C=C/C=C/[C@H](O[Si](C)(C)C(C)(C)C)[C@H](C)C2. The summed E-state index contributed by atoms with van der Waals surface area (Å²) < 4.78 is 82.8. The van der Waals surface area contributed by atoms with Gasteiger partial charge in [0.25, 0.3) is 0 Å². The Morgan fingerprint density at radius 3 is 1.87 bits per heavy atom. The first-order valence-electron chi connectivity index (χ1n) is 29.4. The first kappa shape index (κ1) is 68.1. The van der Waals surface area contributed by atoms with Crippen molar-refractivity contribution >= 4 is 30.9 Å². The zero-order chi connectivity index (χ0) is 59.5. The van der Waals surface area contributed by atoms with Crippen molar-refractivity contribution in [2.45, 2.75) is 282 Å². The number of hydroxylamine groups is 3. The zero-order valence-corrected chi connectivity index (χ0v) is 56.3. The molecule has 0 aliphatic carbocycles. The summed E-state index contributed by atoms with van der Waals surface area (Å²) in [6, 6.07) is 9.17. The normalized spacial score (nSPS) is 36.3. The van der Waals surface area contributed by atoms with Crippen molar-refractivity contribution in [2.75, 3.05) is 28.3 Å². The second-order valence-corrected chi connectivity index (χ2v) is 42.9. The molecule has 0 aromatic heterocycles. The molecule has 5 rings (SSSR count). The Kier molecular flexibility index (Phi) is 23.0. The second-order valence-electron chi connectivity index (χ2n) is 28.7. The van der Waals surface area contributed by atoms with Gasteiger partial charge in [-0.3, -0.25) is 4.79 Å². The van der Waals surface area contributed by atoms with E-state index in [9.17, 15) is 4.79 Å². The number of allylic oxidation sites excluding steroid dienone is 2. The maximum Gasteiger partial charge on any atom is 0.308 e. The molecule has 18 heteroatoms. The van der Waals surface area contributed by atoms with Gasteiger partial charge < -0.3 is 65.8 Å². The molecule has 0 saturated carbocycles. The number of quaternary nitrogens is 1. The lowest BCUT2D eigenvalue weighted by atomic mass is 9.83. The van der Waals surface area contributed by atoms with Gasteiger partial charge in [0.1, 0.15) is 36.7 Å². The lowest BCUT2D eigenvalue weighted by molar-refractivity contribution is -0.879. The summed E-state index contributed by atoms with van der Waals surface area (Å²) in [4.78, 5) is 14.2. The molecule has 4 aliphatic rings. The molecule has 0 N–H and O–H groups in total. The third-order valence-electron chi connectivity index (χ3n) is 18.7. The van der Waals surface area contributed by atoms with Crippen molar-refractivity contribution in [3.8, 4) is 0 Å². The summed E-state index contributed by atoms with van der Waals surface area (Å²) in [7, 11) is -0.946. The number of nitrogens with zero attached hydrogens (tertiary/aromatic N) is 1. The van der Waals surface area contributed by atoms with Crippen LogP contribution in [-0.2, 0) is 67.3 Å². The monoisotopic (exact) mass is 1160 g/mol. The van der Waals surface area contributed by atoms with Crippen molar-refractivity contribution in [3.05, 3.63) is 65.4 Å². The summed E-state index contributed by atoms with van der Waals surface area (Å²) in [6.07, 6.45) is 0.985. The van der Waals surface area contributed by atoms with Crippen LogP contribution in [0.15, 0.2) is 54.6 Å². The maximum atomic E-state index is 15.3. The molecule has 3 saturated heterocycles. The van der Waals surface area contributed by atoms with E-state index in [2.05, 4.69) is 121 Å². The van der Waals surface area contributed by atoms with E-state index in [1.807, 2.05) is 70.2 Å². The average Bonchev–Trinajstić information content (AvgIpc) is 3.44. The number of benzene rings is 1. The minimum Gasteiger partial charge on any atom is -0.633 e. The number of esters is 1. The minimum atomic E-state index is -2.75. The van der Waals surface area contributed by atoms with E-state index in [4.69, 9.17) is 55.9 Å². The van der Waals surface area contributed by atoms with Gasteiger partial charge in [-0.2, -0.15) is 0 Å². The number of ether oxygens (including phenoxy) is 9. The van der Waals surface area contributed by atoms with Crippen LogP contribution < -0.4 is 0 Å². The minimum absolute atomic E-state index is 0.0403. The maximum absolute atomic E-state index is 15.3. The summed E-state index contributed by atoms with van der Waals surface area (Å²) in [5, 5.41) is 14.8. The van der Waals surface area contributed by atoms with E-state index in [0.717, 1.165) is 5.56 Å². The number of carbonyl (C=O) groups excluding carboxylic acids is 1. The van der Waals surface area contributed by atoms with Crippen LogP contribution in [0.1, 0.15) is 135 Å². The highest BCUT2D eigenvalue weighted by Crippen LogP contribution is 2.47. The first-order chi connectivity index (χ1) is 36.2. The first-order valence-corrected chi connectivity index (χ1v) is 38.1. The van der Waals surface area contributed by atoms with Crippen molar-refractivity contribution in [3.63, 3.8) is 0 Å². The van der Waals surface area contributed by atoms with E-state index in [-0.39, 0.29) is 39.5 Å². The lowest BCUT2D eigenvalue weighted by Crippen LogP contribution is -2.71. The number of carbonyl (C=O) groups is 1. The molecule has 1 aromatic carbocycles. The van der Waals surface area contributed by atoms with Gasteiger partial charge >= 0.3 is 5.97 Å². The fraction of sp³-hybridized carbons (Fsp3) is 0.820. The van der Waals surface area contributed by atoms with Crippen LogP contribution in [0, 0.1) is 17.0 Å². The Morgan fingerprint density at radius 1 is 0.709 bits per heavy atom. The van der Waals surface area contributed by atoms with Crippen molar-refractivity contribution < 1.29 is 65.4 Å². The predicted molar refractivity (Wildman–Crippen MR) is 320 cm³/mol. The molecule has 4 aliphatic heterocycles. The summed E-state index contributed by atoms with van der Waals surface area (Å²) in [6.45, 7) is 43.8. The molecule has 1 unspecified atom stereocenters. The van der Waals surface area contributed by atoms with Crippen LogP contribution in [0.25, 0.3) is 0 Å². The van der Waals surface area contributed by atoms with Gasteiger partial charge in [0, 0.05) is 33.5 Å². The van der Waals surface area contributed by atoms with Crippen molar-refractivity contribution in [2.24, 2.45) is 11.8 Å². The number of hydrogen-bond donors (Lipinski definition) is 0. The molecule has 0 amide bonds. The van der Waals surface area contributed by atoms with Crippen LogP contribution in [0.2, 0.25) is 54.4 Å². The fourth-order valence-corrected chi connectivity index (χ4v) is 14.5. The Balaban J connectivity index is 1.66. The Hall–Kier alpha value is -1.70. The van der Waals surface area contributed by atoms with Gasteiger partial charge in [-0.15, -0.1) is 0 Å². The molecular formula is C61H109NO14Si3. The number of fused-ring (bicyclic) bond motifs is 3. The predicted octanol–water partition coefficient (Wildman–Crippen LogP) is 13.0. The highest BCUT2D eigenvalue weighted by atomic mass is 28.4. The summed E-state index contributed by atoms with van der Waals surface area (Å²) in [5.41, 5.74) is 0.244. The fourth-order valence-electron chi connectivity index (χ4n) is 10.7. The van der Waals surface area contributed by atoms with Gasteiger partial charge in [-0.05, 0) is 106 Å².